The van der Waals surface area contributed by atoms with Crippen LogP contribution in [0.2, 0.25) is 0 Å². The molecule has 0 unspecified atom stereocenters. The molecule has 37 heavy (non-hydrogen) atoms. The lowest BCUT2D eigenvalue weighted by Crippen LogP contribution is -2.25. The number of imidazole rings is 1. The van der Waals surface area contributed by atoms with E-state index in [2.05, 4.69) is 40.9 Å². The summed E-state index contributed by atoms with van der Waals surface area (Å²) in [5.41, 5.74) is 5.75. The van der Waals surface area contributed by atoms with Crippen molar-refractivity contribution in [3.05, 3.63) is 94.9 Å². The van der Waals surface area contributed by atoms with Gasteiger partial charge in [0.1, 0.15) is 17.1 Å². The van der Waals surface area contributed by atoms with Crippen LogP contribution in [0.3, 0.4) is 0 Å². The molecule has 4 aromatic rings. The largest absolute Gasteiger partial charge is 0.493 e. The molecule has 0 saturated carbocycles. The zero-order valence-corrected chi connectivity index (χ0v) is 22.0. The number of pyridine rings is 1. The summed E-state index contributed by atoms with van der Waals surface area (Å²) in [6, 6.07) is 17.2. The summed E-state index contributed by atoms with van der Waals surface area (Å²) in [5, 5.41) is 3.00. The molecular formula is C31H34N4O2. The minimum absolute atomic E-state index is 0.176. The predicted octanol–water partition coefficient (Wildman–Crippen LogP) is 5.71. The van der Waals surface area contributed by atoms with Crippen molar-refractivity contribution in [1.82, 2.24) is 14.3 Å². The van der Waals surface area contributed by atoms with Crippen LogP contribution >= 0.6 is 0 Å². The lowest BCUT2D eigenvalue weighted by atomic mass is 10.0. The highest BCUT2D eigenvalue weighted by Gasteiger charge is 2.10. The lowest BCUT2D eigenvalue weighted by Gasteiger charge is -2.18. The first kappa shape index (κ1) is 26.0. The normalized spacial score (nSPS) is 10.8. The van der Waals surface area contributed by atoms with Gasteiger partial charge in [0.05, 0.1) is 12.8 Å². The molecule has 6 heteroatoms. The molecule has 0 atom stereocenters. The van der Waals surface area contributed by atoms with Gasteiger partial charge in [0.25, 0.3) is 5.91 Å². The van der Waals surface area contributed by atoms with Gasteiger partial charge in [0, 0.05) is 29.6 Å². The number of rotatable bonds is 9. The fourth-order valence-electron chi connectivity index (χ4n) is 4.16. The van der Waals surface area contributed by atoms with E-state index in [0.717, 1.165) is 65.5 Å². The third-order valence-electron chi connectivity index (χ3n) is 6.45. The third kappa shape index (κ3) is 6.58. The minimum atomic E-state index is -0.176. The molecule has 0 spiro atoms. The number of nitrogens with one attached hydrogen (secondary N) is 1. The van der Waals surface area contributed by atoms with Crippen LogP contribution in [0.1, 0.15) is 53.0 Å². The van der Waals surface area contributed by atoms with Gasteiger partial charge in [-0.05, 0) is 92.9 Å². The maximum absolute atomic E-state index is 13.0. The smallest absolute Gasteiger partial charge is 0.255 e. The van der Waals surface area contributed by atoms with Crippen molar-refractivity contribution in [2.75, 3.05) is 31.6 Å². The van der Waals surface area contributed by atoms with Crippen molar-refractivity contribution in [2.24, 2.45) is 0 Å². The molecule has 0 radical (unpaired) electrons. The van der Waals surface area contributed by atoms with Crippen molar-refractivity contribution in [2.45, 2.75) is 34.1 Å². The van der Waals surface area contributed by atoms with Crippen LogP contribution in [-0.4, -0.2) is 46.4 Å². The Bertz CT molecular complexity index is 1440. The summed E-state index contributed by atoms with van der Waals surface area (Å²) in [7, 11) is 0. The van der Waals surface area contributed by atoms with Gasteiger partial charge in [-0.25, -0.2) is 4.98 Å². The van der Waals surface area contributed by atoms with E-state index in [-0.39, 0.29) is 5.91 Å². The first-order valence-corrected chi connectivity index (χ1v) is 12.8. The molecule has 0 aliphatic carbocycles. The number of aromatic nitrogens is 2. The number of hydrogen-bond donors (Lipinski definition) is 1. The highest BCUT2D eigenvalue weighted by Crippen LogP contribution is 2.23. The Morgan fingerprint density at radius 1 is 1.03 bits per heavy atom. The monoisotopic (exact) mass is 494 g/mol. The molecule has 0 bridgehead atoms. The molecule has 2 heterocycles. The van der Waals surface area contributed by atoms with Gasteiger partial charge in [-0.1, -0.05) is 31.9 Å². The zero-order chi connectivity index (χ0) is 26.2. The highest BCUT2D eigenvalue weighted by molar-refractivity contribution is 6.04. The zero-order valence-electron chi connectivity index (χ0n) is 22.0. The molecule has 190 valence electrons. The highest BCUT2D eigenvalue weighted by atomic mass is 16.5. The van der Waals surface area contributed by atoms with Gasteiger partial charge in [0.15, 0.2) is 0 Å². The van der Waals surface area contributed by atoms with E-state index in [0.29, 0.717) is 12.2 Å². The molecule has 0 saturated heterocycles. The van der Waals surface area contributed by atoms with E-state index in [1.165, 1.54) is 0 Å². The van der Waals surface area contributed by atoms with Crippen molar-refractivity contribution in [1.29, 1.82) is 0 Å². The Balaban J connectivity index is 1.41. The number of benzene rings is 2. The Labute approximate surface area is 219 Å². The summed E-state index contributed by atoms with van der Waals surface area (Å²) >= 11 is 0. The molecule has 2 aromatic carbocycles. The third-order valence-corrected chi connectivity index (χ3v) is 6.45. The summed E-state index contributed by atoms with van der Waals surface area (Å²) < 4.78 is 7.92. The van der Waals surface area contributed by atoms with Gasteiger partial charge in [-0.3, -0.25) is 9.20 Å². The lowest BCUT2D eigenvalue weighted by molar-refractivity contribution is 0.102. The average Bonchev–Trinajstić information content (AvgIpc) is 3.32. The second-order valence-corrected chi connectivity index (χ2v) is 9.02. The molecule has 0 fully saturated rings. The van der Waals surface area contributed by atoms with E-state index in [4.69, 9.17) is 4.74 Å². The van der Waals surface area contributed by atoms with Crippen molar-refractivity contribution in [3.8, 4) is 17.6 Å². The maximum Gasteiger partial charge on any atom is 0.255 e. The number of nitrogens with zero attached hydrogens (tertiary/aromatic N) is 3. The minimum Gasteiger partial charge on any atom is -0.493 e. The Morgan fingerprint density at radius 3 is 2.65 bits per heavy atom. The molecule has 4 rings (SSSR count). The number of anilines is 1. The Hall–Kier alpha value is -4.08. The van der Waals surface area contributed by atoms with Crippen LogP contribution in [0.25, 0.3) is 5.65 Å². The molecule has 6 nitrogen and oxygen atoms in total. The Morgan fingerprint density at radius 2 is 1.86 bits per heavy atom. The van der Waals surface area contributed by atoms with Crippen molar-refractivity contribution < 1.29 is 9.53 Å². The summed E-state index contributed by atoms with van der Waals surface area (Å²) in [6.07, 6.45) is 4.68. The number of carbonyl (C=O) groups excluding carboxylic acids is 1. The first-order valence-electron chi connectivity index (χ1n) is 12.8. The number of ether oxygens (including phenoxy) is 1. The summed E-state index contributed by atoms with van der Waals surface area (Å²) in [5.74, 6) is 7.07. The number of aryl methyl sites for hydroxylation is 2. The predicted molar refractivity (Wildman–Crippen MR) is 149 cm³/mol. The van der Waals surface area contributed by atoms with E-state index in [1.807, 2.05) is 79.0 Å². The van der Waals surface area contributed by atoms with E-state index in [9.17, 15) is 4.79 Å². The van der Waals surface area contributed by atoms with E-state index in [1.54, 1.807) is 6.20 Å². The second kappa shape index (κ2) is 12.2. The molecule has 0 aliphatic heterocycles. The van der Waals surface area contributed by atoms with Gasteiger partial charge in [-0.15, -0.1) is 0 Å². The van der Waals surface area contributed by atoms with Crippen LogP contribution < -0.4 is 10.1 Å². The van der Waals surface area contributed by atoms with E-state index >= 15 is 0 Å². The average molecular weight is 495 g/mol. The first-order chi connectivity index (χ1) is 18.0. The van der Waals surface area contributed by atoms with Crippen LogP contribution in [0.5, 0.6) is 5.75 Å². The molecule has 2 aromatic heterocycles. The van der Waals surface area contributed by atoms with Gasteiger partial charge in [0.2, 0.25) is 0 Å². The number of carbonyl (C=O) groups is 1. The second-order valence-electron chi connectivity index (χ2n) is 9.02. The molecular weight excluding hydrogens is 460 g/mol. The summed E-state index contributed by atoms with van der Waals surface area (Å²) in [4.78, 5) is 19.8. The fourth-order valence-corrected chi connectivity index (χ4v) is 4.16. The standard InChI is InChI=1S/C31H34N4O2/c1-5-34(6-2)17-9-19-37-29-16-14-27(20-24(29)4)33-31(36)26-12-11-23(3)25(21-26)13-15-28-22-32-30-10-7-8-18-35(28)30/h7-8,10-12,14,16,18,20-22H,5-6,9,17,19H2,1-4H3,(H,33,36). The molecule has 1 amide bonds. The fraction of sp³-hybridized carbons (Fsp3) is 0.290. The number of fused-ring (bicyclic) bond motifs is 1. The number of hydrogen-bond acceptors (Lipinski definition) is 4. The maximum atomic E-state index is 13.0. The van der Waals surface area contributed by atoms with Crippen molar-refractivity contribution >= 4 is 17.2 Å². The van der Waals surface area contributed by atoms with Crippen molar-refractivity contribution in [3.63, 3.8) is 0 Å². The molecule has 1 N–H and O–H groups in total. The van der Waals surface area contributed by atoms with Crippen LogP contribution in [0.15, 0.2) is 67.0 Å². The van der Waals surface area contributed by atoms with Gasteiger partial charge >= 0.3 is 0 Å². The SMILES string of the molecule is CCN(CC)CCCOc1ccc(NC(=O)c2ccc(C)c(C#Cc3cnc4ccccn34)c2)cc1C. The van der Waals surface area contributed by atoms with Crippen LogP contribution in [-0.2, 0) is 0 Å². The van der Waals surface area contributed by atoms with Crippen LogP contribution in [0, 0.1) is 25.7 Å². The van der Waals surface area contributed by atoms with Gasteiger partial charge in [-0.2, -0.15) is 0 Å². The van der Waals surface area contributed by atoms with E-state index < -0.39 is 0 Å². The van der Waals surface area contributed by atoms with Crippen LogP contribution in [0.4, 0.5) is 5.69 Å². The van der Waals surface area contributed by atoms with Gasteiger partial charge < -0.3 is 15.0 Å². The molecule has 0 aliphatic rings. The summed E-state index contributed by atoms with van der Waals surface area (Å²) in [6.45, 7) is 12.2. The topological polar surface area (TPSA) is 58.9 Å². The quantitative estimate of drug-likeness (QED) is 0.239. The Kier molecular flexibility index (Phi) is 8.60. The number of amides is 1.